The van der Waals surface area contributed by atoms with Crippen LogP contribution in [0.1, 0.15) is 32.6 Å². The Hall–Kier alpha value is -2.94. The molecule has 9 nitrogen and oxygen atoms in total. The molecule has 2 heterocycles. The Morgan fingerprint density at radius 2 is 2.10 bits per heavy atom. The zero-order chi connectivity index (χ0) is 21.0. The summed E-state index contributed by atoms with van der Waals surface area (Å²) >= 11 is 6.36. The zero-order valence-corrected chi connectivity index (χ0v) is 16.8. The predicted octanol–water partition coefficient (Wildman–Crippen LogP) is 2.68. The van der Waals surface area contributed by atoms with Crippen LogP contribution in [0.15, 0.2) is 35.3 Å². The summed E-state index contributed by atoms with van der Waals surface area (Å²) in [5.74, 6) is 0.0251. The number of nitrogens with zero attached hydrogens (tertiary/aromatic N) is 4. The van der Waals surface area contributed by atoms with Crippen molar-refractivity contribution in [2.24, 2.45) is 0 Å². The summed E-state index contributed by atoms with van der Waals surface area (Å²) in [6.07, 6.45) is 4.53. The van der Waals surface area contributed by atoms with Crippen molar-refractivity contribution >= 4 is 28.9 Å². The van der Waals surface area contributed by atoms with E-state index in [1.165, 1.54) is 30.5 Å². The number of non-ortho nitro benzene ring substituents is 1. The number of carbonyl (C=O) groups excluding carboxylic acids is 1. The Labute approximate surface area is 172 Å². The summed E-state index contributed by atoms with van der Waals surface area (Å²) < 4.78 is 1.11. The van der Waals surface area contributed by atoms with E-state index in [9.17, 15) is 19.7 Å². The van der Waals surface area contributed by atoms with Crippen LogP contribution in [0.4, 0.5) is 11.4 Å². The van der Waals surface area contributed by atoms with Gasteiger partial charge in [0.1, 0.15) is 5.02 Å². The fraction of sp³-hybridized carbons (Fsp3) is 0.421. The fourth-order valence-electron chi connectivity index (χ4n) is 3.38. The molecule has 1 unspecified atom stereocenters. The molecule has 1 amide bonds. The van der Waals surface area contributed by atoms with Gasteiger partial charge in [-0.25, -0.2) is 0 Å². The summed E-state index contributed by atoms with van der Waals surface area (Å²) in [6, 6.07) is 5.50. The van der Waals surface area contributed by atoms with Crippen LogP contribution in [0.3, 0.4) is 0 Å². The Bertz CT molecular complexity index is 960. The van der Waals surface area contributed by atoms with Gasteiger partial charge in [0.15, 0.2) is 0 Å². The number of amides is 1. The average Bonchev–Trinajstić information content (AvgIpc) is 2.70. The maximum atomic E-state index is 12.7. The highest BCUT2D eigenvalue weighted by molar-refractivity contribution is 6.33. The molecule has 2 aromatic rings. The van der Waals surface area contributed by atoms with E-state index in [1.807, 2.05) is 11.8 Å². The summed E-state index contributed by atoms with van der Waals surface area (Å²) in [5, 5.41) is 18.0. The SMILES string of the molecule is CCCC(=O)NC1CCCN(c2cnn(-c3ccc([N+](=O)[O-])cc3)c(=O)c2Cl)C1. The van der Waals surface area contributed by atoms with Crippen LogP contribution in [0.2, 0.25) is 5.02 Å². The van der Waals surface area contributed by atoms with Crippen LogP contribution in [-0.2, 0) is 4.79 Å². The monoisotopic (exact) mass is 419 g/mol. The number of rotatable bonds is 6. The number of hydrogen-bond acceptors (Lipinski definition) is 6. The number of benzene rings is 1. The summed E-state index contributed by atoms with van der Waals surface area (Å²) in [5.41, 5.74) is 0.325. The lowest BCUT2D eigenvalue weighted by Gasteiger charge is -2.34. The molecule has 1 saturated heterocycles. The molecule has 1 aliphatic rings. The first-order valence-electron chi connectivity index (χ1n) is 9.47. The van der Waals surface area contributed by atoms with Gasteiger partial charge in [0, 0.05) is 37.7 Å². The molecule has 1 atom stereocenters. The molecule has 0 saturated carbocycles. The van der Waals surface area contributed by atoms with E-state index in [0.29, 0.717) is 30.9 Å². The summed E-state index contributed by atoms with van der Waals surface area (Å²) in [7, 11) is 0. The van der Waals surface area contributed by atoms with Crippen molar-refractivity contribution < 1.29 is 9.72 Å². The second-order valence-electron chi connectivity index (χ2n) is 6.94. The molecule has 154 valence electrons. The van der Waals surface area contributed by atoms with Crippen molar-refractivity contribution in [3.8, 4) is 5.69 Å². The third kappa shape index (κ3) is 4.73. The van der Waals surface area contributed by atoms with Gasteiger partial charge in [0.2, 0.25) is 5.91 Å². The van der Waals surface area contributed by atoms with Crippen molar-refractivity contribution in [1.29, 1.82) is 0 Å². The van der Waals surface area contributed by atoms with Gasteiger partial charge in [0.25, 0.3) is 11.2 Å². The topological polar surface area (TPSA) is 110 Å². The van der Waals surface area contributed by atoms with Crippen molar-refractivity contribution in [3.63, 3.8) is 0 Å². The van der Waals surface area contributed by atoms with E-state index in [2.05, 4.69) is 10.4 Å². The minimum Gasteiger partial charge on any atom is -0.367 e. The Kier molecular flexibility index (Phi) is 6.48. The van der Waals surface area contributed by atoms with Gasteiger partial charge in [0.05, 0.1) is 22.5 Å². The van der Waals surface area contributed by atoms with Crippen molar-refractivity contribution in [3.05, 3.63) is 56.0 Å². The first-order chi connectivity index (χ1) is 13.9. The minimum atomic E-state index is -0.512. The predicted molar refractivity (Wildman–Crippen MR) is 110 cm³/mol. The normalized spacial score (nSPS) is 16.5. The third-order valence-electron chi connectivity index (χ3n) is 4.81. The lowest BCUT2D eigenvalue weighted by molar-refractivity contribution is -0.384. The molecule has 29 heavy (non-hydrogen) atoms. The second-order valence-corrected chi connectivity index (χ2v) is 7.31. The Morgan fingerprint density at radius 1 is 1.38 bits per heavy atom. The van der Waals surface area contributed by atoms with E-state index in [4.69, 9.17) is 11.6 Å². The van der Waals surface area contributed by atoms with E-state index in [0.717, 1.165) is 23.9 Å². The maximum Gasteiger partial charge on any atom is 0.292 e. The third-order valence-corrected chi connectivity index (χ3v) is 5.17. The Morgan fingerprint density at radius 3 is 2.76 bits per heavy atom. The summed E-state index contributed by atoms with van der Waals surface area (Å²) in [4.78, 5) is 36.8. The van der Waals surface area contributed by atoms with Crippen LogP contribution in [0.25, 0.3) is 5.69 Å². The van der Waals surface area contributed by atoms with Gasteiger partial charge in [-0.3, -0.25) is 19.7 Å². The van der Waals surface area contributed by atoms with Crippen molar-refractivity contribution in [2.45, 2.75) is 38.6 Å². The number of halogens is 1. The minimum absolute atomic E-state index is 0.00373. The van der Waals surface area contributed by atoms with Crippen LogP contribution >= 0.6 is 11.6 Å². The van der Waals surface area contributed by atoms with Gasteiger partial charge < -0.3 is 10.2 Å². The second kappa shape index (κ2) is 9.04. The van der Waals surface area contributed by atoms with Gasteiger partial charge in [-0.05, 0) is 31.4 Å². The van der Waals surface area contributed by atoms with Crippen LogP contribution < -0.4 is 15.8 Å². The molecule has 1 aliphatic heterocycles. The lowest BCUT2D eigenvalue weighted by Crippen LogP contribution is -2.48. The molecule has 0 bridgehead atoms. The molecule has 1 fully saturated rings. The van der Waals surface area contributed by atoms with Crippen LogP contribution in [0.5, 0.6) is 0 Å². The molecule has 1 N–H and O–H groups in total. The van der Waals surface area contributed by atoms with Crippen LogP contribution in [-0.4, -0.2) is 39.7 Å². The van der Waals surface area contributed by atoms with Crippen LogP contribution in [0, 0.1) is 10.1 Å². The summed E-state index contributed by atoms with van der Waals surface area (Å²) in [6.45, 7) is 3.22. The number of nitro benzene ring substituents is 1. The molecule has 10 heteroatoms. The average molecular weight is 420 g/mol. The van der Waals surface area contributed by atoms with Crippen molar-refractivity contribution in [1.82, 2.24) is 15.1 Å². The van der Waals surface area contributed by atoms with Crippen molar-refractivity contribution in [2.75, 3.05) is 18.0 Å². The zero-order valence-electron chi connectivity index (χ0n) is 16.0. The molecule has 0 aliphatic carbocycles. The fourth-order valence-corrected chi connectivity index (χ4v) is 3.63. The van der Waals surface area contributed by atoms with E-state index >= 15 is 0 Å². The number of hydrogen-bond donors (Lipinski definition) is 1. The van der Waals surface area contributed by atoms with Gasteiger partial charge in [-0.2, -0.15) is 9.78 Å². The van der Waals surface area contributed by atoms with Gasteiger partial charge in [-0.15, -0.1) is 0 Å². The molecule has 0 radical (unpaired) electrons. The molecule has 1 aromatic heterocycles. The number of anilines is 1. The highest BCUT2D eigenvalue weighted by Crippen LogP contribution is 2.25. The standard InChI is InChI=1S/C19H22ClN5O4/c1-2-4-17(26)22-13-5-3-10-23(12-13)16-11-21-24(19(27)18(16)20)14-6-8-15(9-7-14)25(28)29/h6-9,11,13H,2-5,10,12H2,1H3,(H,22,26). The molecular formula is C19H22ClN5O4. The molecule has 1 aromatic carbocycles. The number of piperidine rings is 1. The largest absolute Gasteiger partial charge is 0.367 e. The number of aromatic nitrogens is 2. The smallest absolute Gasteiger partial charge is 0.292 e. The van der Waals surface area contributed by atoms with E-state index in [1.54, 1.807) is 0 Å². The number of carbonyl (C=O) groups is 1. The lowest BCUT2D eigenvalue weighted by atomic mass is 10.0. The van der Waals surface area contributed by atoms with Gasteiger partial charge >= 0.3 is 0 Å². The van der Waals surface area contributed by atoms with E-state index in [-0.39, 0.29) is 22.7 Å². The first kappa shape index (κ1) is 20.8. The Balaban J connectivity index is 1.81. The maximum absolute atomic E-state index is 12.7. The first-order valence-corrected chi connectivity index (χ1v) is 9.85. The molecule has 0 spiro atoms. The highest BCUT2D eigenvalue weighted by atomic mass is 35.5. The van der Waals surface area contributed by atoms with E-state index < -0.39 is 10.5 Å². The quantitative estimate of drug-likeness (QED) is 0.569. The number of nitro groups is 1. The highest BCUT2D eigenvalue weighted by Gasteiger charge is 2.24. The molecule has 3 rings (SSSR count). The molecular weight excluding hydrogens is 398 g/mol. The van der Waals surface area contributed by atoms with Gasteiger partial charge in [-0.1, -0.05) is 18.5 Å². The number of nitrogens with one attached hydrogen (secondary N) is 1.